The summed E-state index contributed by atoms with van der Waals surface area (Å²) in [5.74, 6) is -0.112. The second-order valence-corrected chi connectivity index (χ2v) is 10.4. The van der Waals surface area contributed by atoms with Crippen LogP contribution >= 0.6 is 0 Å². The summed E-state index contributed by atoms with van der Waals surface area (Å²) in [6, 6.07) is 10.6. The van der Waals surface area contributed by atoms with E-state index in [2.05, 4.69) is 57.3 Å². The molecular formula is C17H26O2Si. The van der Waals surface area contributed by atoms with Crippen LogP contribution in [0.1, 0.15) is 26.7 Å². The Bertz CT molecular complexity index is 463. The van der Waals surface area contributed by atoms with Crippen LogP contribution in [0.15, 0.2) is 42.0 Å². The molecule has 3 heteroatoms. The summed E-state index contributed by atoms with van der Waals surface area (Å²) >= 11 is 0. The van der Waals surface area contributed by atoms with Gasteiger partial charge in [0.15, 0.2) is 0 Å². The summed E-state index contributed by atoms with van der Waals surface area (Å²) in [7, 11) is -0.292. The van der Waals surface area contributed by atoms with Gasteiger partial charge in [0.25, 0.3) is 0 Å². The van der Waals surface area contributed by atoms with Gasteiger partial charge in [0.05, 0.1) is 15.2 Å². The first-order valence-corrected chi connectivity index (χ1v) is 10.3. The van der Waals surface area contributed by atoms with Gasteiger partial charge < -0.3 is 4.74 Å². The number of carbonyl (C=O) groups excluding carboxylic acids is 1. The van der Waals surface area contributed by atoms with Crippen molar-refractivity contribution in [3.63, 3.8) is 0 Å². The van der Waals surface area contributed by atoms with E-state index in [0.29, 0.717) is 12.0 Å². The molecule has 0 saturated heterocycles. The van der Waals surface area contributed by atoms with Gasteiger partial charge in [0, 0.05) is 6.42 Å². The number of hydrogen-bond donors (Lipinski definition) is 0. The van der Waals surface area contributed by atoms with Gasteiger partial charge in [-0.3, -0.25) is 4.79 Å². The number of ether oxygens (including phenoxy) is 1. The summed E-state index contributed by atoms with van der Waals surface area (Å²) < 4.78 is 4.91. The maximum Gasteiger partial charge on any atom is 0.305 e. The predicted molar refractivity (Wildman–Crippen MR) is 88.0 cm³/mol. The molecule has 0 heterocycles. The van der Waals surface area contributed by atoms with E-state index < -0.39 is 8.07 Å². The quantitative estimate of drug-likeness (QED) is 0.451. The molecule has 0 aromatic heterocycles. The lowest BCUT2D eigenvalue weighted by Crippen LogP contribution is -2.47. The van der Waals surface area contributed by atoms with Crippen molar-refractivity contribution in [2.24, 2.45) is 0 Å². The van der Waals surface area contributed by atoms with Crippen molar-refractivity contribution >= 4 is 19.2 Å². The average Bonchev–Trinajstić information content (AvgIpc) is 2.48. The average molecular weight is 290 g/mol. The molecule has 0 spiro atoms. The minimum atomic E-state index is -1.76. The molecule has 1 rings (SSSR count). The zero-order valence-electron chi connectivity index (χ0n) is 13.3. The first kappa shape index (κ1) is 16.7. The highest BCUT2D eigenvalue weighted by molar-refractivity contribution is 6.91. The summed E-state index contributed by atoms with van der Waals surface area (Å²) in [6.07, 6.45) is 3.64. The Morgan fingerprint density at radius 2 is 1.90 bits per heavy atom. The van der Waals surface area contributed by atoms with E-state index in [1.54, 1.807) is 0 Å². The lowest BCUT2D eigenvalue weighted by Gasteiger charge is -2.34. The van der Waals surface area contributed by atoms with E-state index in [1.807, 2.05) is 6.07 Å². The summed E-state index contributed by atoms with van der Waals surface area (Å²) in [5, 5.41) is 1.39. The highest BCUT2D eigenvalue weighted by Gasteiger charge is 2.36. The SMILES string of the molecule is C/C=C(\CC)[C@H](CC(=O)OC)[Si](C)(C)c1ccccc1. The van der Waals surface area contributed by atoms with E-state index in [0.717, 1.165) is 6.42 Å². The Labute approximate surface area is 123 Å². The molecule has 0 amide bonds. The van der Waals surface area contributed by atoms with Gasteiger partial charge in [0.1, 0.15) is 0 Å². The Hall–Kier alpha value is -1.35. The molecule has 0 bridgehead atoms. The zero-order chi connectivity index (χ0) is 15.2. The molecule has 0 radical (unpaired) electrons. The second kappa shape index (κ2) is 7.43. The number of methoxy groups -OCH3 is 1. The van der Waals surface area contributed by atoms with Gasteiger partial charge in [0.2, 0.25) is 0 Å². The van der Waals surface area contributed by atoms with Gasteiger partial charge in [-0.1, -0.05) is 67.2 Å². The molecular weight excluding hydrogens is 264 g/mol. The number of carbonyl (C=O) groups is 1. The first-order chi connectivity index (χ1) is 9.47. The van der Waals surface area contributed by atoms with E-state index >= 15 is 0 Å². The van der Waals surface area contributed by atoms with Crippen LogP contribution in [-0.2, 0) is 9.53 Å². The highest BCUT2D eigenvalue weighted by Crippen LogP contribution is 2.35. The number of esters is 1. The van der Waals surface area contributed by atoms with Crippen LogP contribution in [0, 0.1) is 0 Å². The second-order valence-electron chi connectivity index (χ2n) is 5.64. The minimum Gasteiger partial charge on any atom is -0.469 e. The number of hydrogen-bond acceptors (Lipinski definition) is 2. The Morgan fingerprint density at radius 3 is 2.35 bits per heavy atom. The highest BCUT2D eigenvalue weighted by atomic mass is 28.3. The van der Waals surface area contributed by atoms with Crippen LogP contribution in [0.25, 0.3) is 0 Å². The van der Waals surface area contributed by atoms with Crippen molar-refractivity contribution in [1.82, 2.24) is 0 Å². The third-order valence-corrected chi connectivity index (χ3v) is 8.35. The van der Waals surface area contributed by atoms with Crippen LogP contribution in [0.2, 0.25) is 18.6 Å². The Kier molecular flexibility index (Phi) is 6.21. The fourth-order valence-electron chi connectivity index (χ4n) is 2.82. The fraction of sp³-hybridized carbons (Fsp3) is 0.471. The van der Waals surface area contributed by atoms with Crippen LogP contribution < -0.4 is 5.19 Å². The molecule has 0 N–H and O–H groups in total. The molecule has 0 fully saturated rings. The monoisotopic (exact) mass is 290 g/mol. The molecule has 1 atom stereocenters. The fourth-order valence-corrected chi connectivity index (χ4v) is 6.25. The molecule has 0 aliphatic heterocycles. The lowest BCUT2D eigenvalue weighted by molar-refractivity contribution is -0.140. The third-order valence-electron chi connectivity index (χ3n) is 4.21. The van der Waals surface area contributed by atoms with Crippen molar-refractivity contribution in [1.29, 1.82) is 0 Å². The number of rotatable bonds is 6. The maximum atomic E-state index is 11.8. The molecule has 1 aromatic rings. The largest absolute Gasteiger partial charge is 0.469 e. The van der Waals surface area contributed by atoms with E-state index in [-0.39, 0.29) is 5.97 Å². The first-order valence-electron chi connectivity index (χ1n) is 7.24. The van der Waals surface area contributed by atoms with Crippen LogP contribution in [0.4, 0.5) is 0 Å². The van der Waals surface area contributed by atoms with Crippen LogP contribution in [0.3, 0.4) is 0 Å². The van der Waals surface area contributed by atoms with Gasteiger partial charge in [-0.15, -0.1) is 0 Å². The Morgan fingerprint density at radius 1 is 1.30 bits per heavy atom. The van der Waals surface area contributed by atoms with Crippen LogP contribution in [0.5, 0.6) is 0 Å². The summed E-state index contributed by atoms with van der Waals surface area (Å²) in [5.41, 5.74) is 1.67. The molecule has 0 saturated carbocycles. The third kappa shape index (κ3) is 3.82. The van der Waals surface area contributed by atoms with Crippen molar-refractivity contribution in [3.05, 3.63) is 42.0 Å². The van der Waals surface area contributed by atoms with Gasteiger partial charge in [-0.25, -0.2) is 0 Å². The van der Waals surface area contributed by atoms with Gasteiger partial charge in [-0.2, -0.15) is 0 Å². The predicted octanol–water partition coefficient (Wildman–Crippen LogP) is 3.89. The standard InChI is InChI=1S/C17H26O2Si/c1-6-14(7-2)16(13-17(18)19-3)20(4,5)15-11-9-8-10-12-15/h6,8-12,16H,7,13H2,1-5H3/b14-6+/t16-/m0/s1. The maximum absolute atomic E-state index is 11.8. The van der Waals surface area contributed by atoms with Gasteiger partial charge in [-0.05, 0) is 18.9 Å². The summed E-state index contributed by atoms with van der Waals surface area (Å²) in [4.78, 5) is 11.8. The van der Waals surface area contributed by atoms with Crippen molar-refractivity contribution in [2.45, 2.75) is 45.3 Å². The summed E-state index contributed by atoms with van der Waals surface area (Å²) in [6.45, 7) is 8.91. The van der Waals surface area contributed by atoms with Gasteiger partial charge >= 0.3 is 5.97 Å². The van der Waals surface area contributed by atoms with Crippen molar-refractivity contribution in [3.8, 4) is 0 Å². The topological polar surface area (TPSA) is 26.3 Å². The normalized spacial score (nSPS) is 13.9. The number of benzene rings is 1. The van der Waals surface area contributed by atoms with E-state index in [4.69, 9.17) is 4.74 Å². The molecule has 0 aliphatic rings. The lowest BCUT2D eigenvalue weighted by atomic mass is 10.1. The Balaban J connectivity index is 3.18. The van der Waals surface area contributed by atoms with E-state index in [1.165, 1.54) is 17.9 Å². The number of allylic oxidation sites excluding steroid dienone is 2. The zero-order valence-corrected chi connectivity index (χ0v) is 14.3. The molecule has 110 valence electrons. The molecule has 1 aromatic carbocycles. The molecule has 20 heavy (non-hydrogen) atoms. The molecule has 2 nitrogen and oxygen atoms in total. The minimum absolute atomic E-state index is 0.112. The van der Waals surface area contributed by atoms with Crippen molar-refractivity contribution < 1.29 is 9.53 Å². The van der Waals surface area contributed by atoms with Crippen LogP contribution in [-0.4, -0.2) is 21.2 Å². The molecule has 0 unspecified atom stereocenters. The van der Waals surface area contributed by atoms with Crippen molar-refractivity contribution in [2.75, 3.05) is 7.11 Å². The molecule has 0 aliphatic carbocycles. The van der Waals surface area contributed by atoms with E-state index in [9.17, 15) is 4.79 Å². The smallest absolute Gasteiger partial charge is 0.305 e.